The number of rotatable bonds is 3. The molecule has 1 aliphatic heterocycles. The number of hydrogen-bond acceptors (Lipinski definition) is 5. The predicted octanol–water partition coefficient (Wildman–Crippen LogP) is 0.204. The predicted molar refractivity (Wildman–Crippen MR) is 74.8 cm³/mol. The molecule has 1 fully saturated rings. The number of aromatic amines is 1. The van der Waals surface area contributed by atoms with Crippen molar-refractivity contribution in [3.8, 4) is 0 Å². The topological polar surface area (TPSA) is 101 Å². The van der Waals surface area contributed by atoms with Crippen molar-refractivity contribution >= 4 is 11.7 Å². The molecular formula is C13H17N7O. The summed E-state index contributed by atoms with van der Waals surface area (Å²) in [5.74, 6) is 0.296. The Hall–Kier alpha value is -2.22. The highest BCUT2D eigenvalue weighted by atomic mass is 16.2. The van der Waals surface area contributed by atoms with Gasteiger partial charge in [0.1, 0.15) is 0 Å². The number of aromatic nitrogens is 5. The fraction of sp³-hybridized carbons (Fsp3) is 0.538. The van der Waals surface area contributed by atoms with Crippen LogP contribution >= 0.6 is 0 Å². The minimum atomic E-state index is -0.174. The van der Waals surface area contributed by atoms with Crippen LogP contribution in [-0.4, -0.2) is 44.2 Å². The van der Waals surface area contributed by atoms with Crippen molar-refractivity contribution in [3.05, 3.63) is 23.7 Å². The molecule has 1 aliphatic carbocycles. The first-order chi connectivity index (χ1) is 10.3. The summed E-state index contributed by atoms with van der Waals surface area (Å²) in [5.41, 5.74) is 2.08. The van der Waals surface area contributed by atoms with Crippen LogP contribution in [-0.2, 0) is 11.2 Å². The van der Waals surface area contributed by atoms with Crippen LogP contribution in [0.5, 0.6) is 0 Å². The summed E-state index contributed by atoms with van der Waals surface area (Å²) in [4.78, 5) is 14.1. The summed E-state index contributed by atoms with van der Waals surface area (Å²) in [6.07, 6.45) is 6.24. The second kappa shape index (κ2) is 4.96. The molecule has 1 saturated heterocycles. The molecule has 2 aromatic heterocycles. The van der Waals surface area contributed by atoms with Crippen molar-refractivity contribution in [1.29, 1.82) is 0 Å². The van der Waals surface area contributed by atoms with E-state index in [2.05, 4.69) is 31.0 Å². The number of nitrogens with zero attached hydrogens (tertiary/aromatic N) is 4. The Morgan fingerprint density at radius 3 is 3.10 bits per heavy atom. The van der Waals surface area contributed by atoms with Gasteiger partial charge >= 0.3 is 0 Å². The Labute approximate surface area is 121 Å². The fourth-order valence-electron chi connectivity index (χ4n) is 2.88. The first-order valence-corrected chi connectivity index (χ1v) is 7.27. The number of nitrogens with one attached hydrogen (secondary N) is 3. The number of fused-ring (bicyclic) bond motifs is 1. The molecule has 110 valence electrons. The molecule has 1 unspecified atom stereocenters. The SMILES string of the molecule is O=C(Nc1cnn(C2CNC2)n1)C1CCCc2cn[nH]c21. The number of anilines is 1. The van der Waals surface area contributed by atoms with E-state index in [1.165, 1.54) is 0 Å². The fourth-order valence-corrected chi connectivity index (χ4v) is 2.88. The van der Waals surface area contributed by atoms with E-state index in [1.807, 2.05) is 6.20 Å². The van der Waals surface area contributed by atoms with E-state index in [0.29, 0.717) is 11.9 Å². The smallest absolute Gasteiger partial charge is 0.234 e. The van der Waals surface area contributed by atoms with Crippen molar-refractivity contribution in [2.75, 3.05) is 18.4 Å². The zero-order chi connectivity index (χ0) is 14.2. The van der Waals surface area contributed by atoms with Crippen molar-refractivity contribution in [2.45, 2.75) is 31.2 Å². The van der Waals surface area contributed by atoms with Gasteiger partial charge in [0.2, 0.25) is 5.91 Å². The molecule has 4 rings (SSSR count). The minimum absolute atomic E-state index is 0.0426. The van der Waals surface area contributed by atoms with Crippen molar-refractivity contribution in [1.82, 2.24) is 30.5 Å². The summed E-state index contributed by atoms with van der Waals surface area (Å²) < 4.78 is 0. The molecule has 8 heteroatoms. The van der Waals surface area contributed by atoms with Crippen LogP contribution in [0.4, 0.5) is 5.82 Å². The van der Waals surface area contributed by atoms with Crippen molar-refractivity contribution in [2.24, 2.45) is 0 Å². The Bertz CT molecular complexity index is 657. The van der Waals surface area contributed by atoms with E-state index in [9.17, 15) is 4.79 Å². The van der Waals surface area contributed by atoms with Gasteiger partial charge in [-0.3, -0.25) is 9.89 Å². The van der Waals surface area contributed by atoms with E-state index in [0.717, 1.165) is 43.6 Å². The maximum atomic E-state index is 12.4. The number of amides is 1. The van der Waals surface area contributed by atoms with E-state index in [1.54, 1.807) is 11.0 Å². The third-order valence-electron chi connectivity index (χ3n) is 4.20. The molecule has 0 aromatic carbocycles. The van der Waals surface area contributed by atoms with Crippen LogP contribution in [0.1, 0.15) is 36.1 Å². The lowest BCUT2D eigenvalue weighted by Crippen LogP contribution is -2.44. The van der Waals surface area contributed by atoms with E-state index < -0.39 is 0 Å². The molecule has 0 radical (unpaired) electrons. The molecular weight excluding hydrogens is 270 g/mol. The molecule has 0 bridgehead atoms. The number of aryl methyl sites for hydroxylation is 1. The van der Waals surface area contributed by atoms with Gasteiger partial charge in [-0.25, -0.2) is 0 Å². The summed E-state index contributed by atoms with van der Waals surface area (Å²) in [7, 11) is 0. The second-order valence-corrected chi connectivity index (χ2v) is 5.61. The molecule has 3 heterocycles. The first-order valence-electron chi connectivity index (χ1n) is 7.27. The van der Waals surface area contributed by atoms with Crippen LogP contribution in [0, 0.1) is 0 Å². The van der Waals surface area contributed by atoms with Crippen LogP contribution in [0.25, 0.3) is 0 Å². The number of carbonyl (C=O) groups excluding carboxylic acids is 1. The van der Waals surface area contributed by atoms with Gasteiger partial charge in [-0.2, -0.15) is 15.0 Å². The number of hydrogen-bond donors (Lipinski definition) is 3. The van der Waals surface area contributed by atoms with E-state index >= 15 is 0 Å². The zero-order valence-corrected chi connectivity index (χ0v) is 11.5. The highest BCUT2D eigenvalue weighted by Crippen LogP contribution is 2.30. The average Bonchev–Trinajstić information content (AvgIpc) is 3.05. The van der Waals surface area contributed by atoms with Gasteiger partial charge in [-0.05, 0) is 24.8 Å². The zero-order valence-electron chi connectivity index (χ0n) is 11.5. The van der Waals surface area contributed by atoms with Crippen LogP contribution in [0.2, 0.25) is 0 Å². The van der Waals surface area contributed by atoms with Gasteiger partial charge in [0.25, 0.3) is 0 Å². The maximum absolute atomic E-state index is 12.4. The van der Waals surface area contributed by atoms with Crippen LogP contribution in [0.3, 0.4) is 0 Å². The molecule has 21 heavy (non-hydrogen) atoms. The average molecular weight is 287 g/mol. The van der Waals surface area contributed by atoms with E-state index in [4.69, 9.17) is 0 Å². The molecule has 0 saturated carbocycles. The van der Waals surface area contributed by atoms with Gasteiger partial charge in [0.05, 0.1) is 30.0 Å². The van der Waals surface area contributed by atoms with Crippen molar-refractivity contribution < 1.29 is 4.79 Å². The van der Waals surface area contributed by atoms with Crippen molar-refractivity contribution in [3.63, 3.8) is 0 Å². The monoisotopic (exact) mass is 287 g/mol. The lowest BCUT2D eigenvalue weighted by molar-refractivity contribution is -0.118. The third-order valence-corrected chi connectivity index (χ3v) is 4.20. The first kappa shape index (κ1) is 12.5. The van der Waals surface area contributed by atoms with Gasteiger partial charge in [-0.1, -0.05) is 0 Å². The van der Waals surface area contributed by atoms with Gasteiger partial charge < -0.3 is 10.6 Å². The Morgan fingerprint density at radius 2 is 2.29 bits per heavy atom. The van der Waals surface area contributed by atoms with Gasteiger partial charge in [0, 0.05) is 13.1 Å². The largest absolute Gasteiger partial charge is 0.312 e. The van der Waals surface area contributed by atoms with Crippen LogP contribution < -0.4 is 10.6 Å². The Balaban J connectivity index is 1.47. The second-order valence-electron chi connectivity index (χ2n) is 5.61. The highest BCUT2D eigenvalue weighted by Gasteiger charge is 2.29. The summed E-state index contributed by atoms with van der Waals surface area (Å²) in [5, 5.41) is 21.6. The highest BCUT2D eigenvalue weighted by molar-refractivity contribution is 5.95. The lowest BCUT2D eigenvalue weighted by atomic mass is 9.87. The number of H-pyrrole nitrogens is 1. The normalized spacial score (nSPS) is 21.6. The Morgan fingerprint density at radius 1 is 1.38 bits per heavy atom. The molecule has 3 N–H and O–H groups in total. The van der Waals surface area contributed by atoms with Gasteiger partial charge in [-0.15, -0.1) is 5.10 Å². The van der Waals surface area contributed by atoms with Crippen LogP contribution in [0.15, 0.2) is 12.4 Å². The Kier molecular flexibility index (Phi) is 2.95. The minimum Gasteiger partial charge on any atom is -0.312 e. The number of carbonyl (C=O) groups is 1. The standard InChI is InChI=1S/C13H17N7O/c21-13(10-3-1-2-8-4-15-18-12(8)10)17-11-7-16-20(19-11)9-5-14-6-9/h4,7,9-10,14H,1-3,5-6H2,(H,15,18)(H,17,19,21). The quantitative estimate of drug-likeness (QED) is 0.749. The molecule has 8 nitrogen and oxygen atoms in total. The molecule has 1 atom stereocenters. The summed E-state index contributed by atoms with van der Waals surface area (Å²) in [6.45, 7) is 1.75. The van der Waals surface area contributed by atoms with E-state index in [-0.39, 0.29) is 11.8 Å². The third kappa shape index (κ3) is 2.21. The van der Waals surface area contributed by atoms with Gasteiger partial charge in [0.15, 0.2) is 5.82 Å². The summed E-state index contributed by atoms with van der Waals surface area (Å²) >= 11 is 0. The summed E-state index contributed by atoms with van der Waals surface area (Å²) in [6, 6.07) is 0.296. The molecule has 2 aliphatic rings. The molecule has 2 aromatic rings. The molecule has 0 spiro atoms. The molecule has 1 amide bonds. The maximum Gasteiger partial charge on any atom is 0.234 e. The lowest BCUT2D eigenvalue weighted by Gasteiger charge is -2.25.